The molecule has 0 aromatic heterocycles. The molecule has 50 nitrogen and oxygen atoms in total. The highest BCUT2D eigenvalue weighted by molar-refractivity contribution is 5.04. The molecule has 0 saturated carbocycles. The zero-order valence-corrected chi connectivity index (χ0v) is 57.5. The fourth-order valence-electron chi connectivity index (χ4n) is 14.7. The SMILES string of the molecule is OC[C@H]1O[C@H](OC[C@H]2O[C@@H]3O[C@H]4[C@H](O)[C@@H](O)[C@@H](O[C@H]5[C@H](O)[C@@H](O)[C@@H](O[C@H]6[C@H](O)[C@@H](O)[C@@H](O[C@H]7[C@H](O)[C@@H](O)[C@@H](O[C@H]8[C@H](O)[C@@H](O)[C@@H](O[C@H]9[C@H](O)[C@@H](O)[C@@H](O[C@H]%10[C@H](O)[C@@H](O)[C@@H](O[C@H]2[C@H](O)[C@H]3O)O[C@@H]%10CO)O[C@@H]9CO)O[C@@H]8CO)O[C@@H]7CO)O[C@@H]6CO)O[C@@H]5CO)O[C@@H]4CO[C@H]2O[C@H](CO)[C@@H](O)[C@H](O)[C@H]2O)[C@H](O)[C@@H](O)[C@@H]1O. The maximum atomic E-state index is 12.1. The standard InChI is InChI=1S/C60H100O50/c61-1-11-21(69)23(71)33(81)51(93-11)91-9-19-49-32(80)42(90)60(102-19)110-50-20(10-92-52-34(82)24(72)22(70)12(2-62)94-52)101-59(41(89)31(50)79)108-48-18(8-68)99-57(39(87)29(48)77)106-46-16(6-66)97-55(37(85)27(46)75)104-44-14(4-64)95-53(35(83)25(44)73)103-43-13(3-63)96-54(36(84)26(43)74)105-45-15(5-65)98-56(38(86)28(45)76)107-47-17(7-67)100-58(109-49)40(88)30(47)78/h11-90H,1-10H2/t11-,12-,13-,14-,15-,16-,17-,18-,19-,20-,21-,22-,23+,24+,25-,26-,27-,28-,29-,30-,31-,32-,33-,34-,35-,36-,37-,38-,39-,40-,41-,42-,43-,44-,45-,46-,47-,48-,49-,50-,51+,52+,53-,54-,55-,56-,57-,58-,59-,60-/m1/s1. The van der Waals surface area contributed by atoms with E-state index in [-0.39, 0.29) is 0 Å². The number of ether oxygens (including phenoxy) is 20. The van der Waals surface area contributed by atoms with Crippen LogP contribution >= 0.6 is 0 Å². The lowest BCUT2D eigenvalue weighted by atomic mass is 9.94. The Kier molecular flexibility index (Phi) is 30.6. The van der Waals surface area contributed by atoms with Crippen LogP contribution in [0.1, 0.15) is 0 Å². The summed E-state index contributed by atoms with van der Waals surface area (Å²) in [6.45, 7) is -11.2. The molecule has 32 saturated heterocycles. The van der Waals surface area contributed by atoms with Gasteiger partial charge in [-0.3, -0.25) is 0 Å². The Labute approximate surface area is 619 Å². The smallest absolute Gasteiger partial charge is 0.187 e. The molecule has 50 heteroatoms. The first-order valence-electron chi connectivity index (χ1n) is 35.2. The van der Waals surface area contributed by atoms with Gasteiger partial charge in [-0.1, -0.05) is 0 Å². The lowest BCUT2D eigenvalue weighted by Crippen LogP contribution is -2.69. The summed E-state index contributed by atoms with van der Waals surface area (Å²) in [5, 5.41) is 335. The van der Waals surface area contributed by atoms with Crippen LogP contribution in [0.5, 0.6) is 0 Å². The molecule has 32 aliphatic rings. The Hall–Kier alpha value is -2.00. The van der Waals surface area contributed by atoms with Crippen molar-refractivity contribution >= 4 is 0 Å². The van der Waals surface area contributed by atoms with E-state index in [1.165, 1.54) is 0 Å². The fourth-order valence-corrected chi connectivity index (χ4v) is 14.7. The van der Waals surface area contributed by atoms with Crippen molar-refractivity contribution in [3.63, 3.8) is 0 Å². The van der Waals surface area contributed by atoms with Crippen molar-refractivity contribution in [1.82, 2.24) is 0 Å². The Balaban J connectivity index is 0.909. The van der Waals surface area contributed by atoms with Crippen LogP contribution in [-0.2, 0) is 94.7 Å². The maximum Gasteiger partial charge on any atom is 0.187 e. The van der Waals surface area contributed by atoms with Crippen LogP contribution in [0.2, 0.25) is 0 Å². The van der Waals surface area contributed by atoms with E-state index < -0.39 is 373 Å². The van der Waals surface area contributed by atoms with Crippen LogP contribution in [0, 0.1) is 0 Å². The first-order chi connectivity index (χ1) is 52.3. The summed E-state index contributed by atoms with van der Waals surface area (Å²) in [7, 11) is 0. The quantitative estimate of drug-likeness (QED) is 0.0768. The lowest BCUT2D eigenvalue weighted by molar-refractivity contribution is -0.406. The monoisotopic (exact) mass is 1620 g/mol. The van der Waals surface area contributed by atoms with Crippen molar-refractivity contribution < 1.29 is 248 Å². The normalized spacial score (nSPS) is 55.1. The van der Waals surface area contributed by atoms with Crippen LogP contribution in [0.3, 0.4) is 0 Å². The average Bonchev–Trinajstić information content (AvgIpc) is 0.768. The van der Waals surface area contributed by atoms with E-state index in [0.29, 0.717) is 0 Å². The highest BCUT2D eigenvalue weighted by atomic mass is 16.8. The molecular formula is C60H100O50. The third-order valence-electron chi connectivity index (χ3n) is 21.1. The second-order valence-electron chi connectivity index (χ2n) is 28.2. The Morgan fingerprint density at radius 3 is 0.464 bits per heavy atom. The van der Waals surface area contributed by atoms with Gasteiger partial charge in [-0.15, -0.1) is 0 Å². The van der Waals surface area contributed by atoms with Gasteiger partial charge in [0.15, 0.2) is 62.9 Å². The number of aliphatic hydroxyl groups excluding tert-OH is 30. The number of aliphatic hydroxyl groups is 30. The molecule has 0 aromatic carbocycles. The molecule has 0 spiro atoms. The minimum absolute atomic E-state index is 0.987. The molecule has 0 aromatic rings. The van der Waals surface area contributed by atoms with Crippen molar-refractivity contribution in [2.75, 3.05) is 66.1 Å². The third kappa shape index (κ3) is 17.8. The van der Waals surface area contributed by atoms with Gasteiger partial charge in [0.25, 0.3) is 0 Å². The van der Waals surface area contributed by atoms with E-state index >= 15 is 0 Å². The largest absolute Gasteiger partial charge is 0.394 e. The molecule has 0 unspecified atom stereocenters. The molecule has 32 rings (SSSR count). The highest BCUT2D eigenvalue weighted by Gasteiger charge is 2.62. The Morgan fingerprint density at radius 1 is 0.145 bits per heavy atom. The summed E-state index contributed by atoms with van der Waals surface area (Å²) in [6, 6.07) is 0. The zero-order chi connectivity index (χ0) is 80.1. The topological polar surface area (TPSA) is 792 Å². The van der Waals surface area contributed by atoms with Crippen molar-refractivity contribution in [3.8, 4) is 0 Å². The van der Waals surface area contributed by atoms with Gasteiger partial charge in [0.05, 0.1) is 66.1 Å². The molecule has 30 N–H and O–H groups in total. The summed E-state index contributed by atoms with van der Waals surface area (Å²) in [4.78, 5) is 0. The minimum atomic E-state index is -2.52. The summed E-state index contributed by atoms with van der Waals surface area (Å²) >= 11 is 0. The van der Waals surface area contributed by atoms with Crippen LogP contribution in [-0.4, -0.2) is 526 Å². The molecule has 0 amide bonds. The van der Waals surface area contributed by atoms with E-state index in [1.54, 1.807) is 0 Å². The van der Waals surface area contributed by atoms with Gasteiger partial charge in [0, 0.05) is 0 Å². The molecule has 50 atom stereocenters. The van der Waals surface area contributed by atoms with Crippen molar-refractivity contribution in [2.45, 2.75) is 307 Å². The van der Waals surface area contributed by atoms with Gasteiger partial charge in [-0.2, -0.15) is 0 Å². The van der Waals surface area contributed by atoms with Gasteiger partial charge < -0.3 is 248 Å². The molecule has 0 aliphatic carbocycles. The molecule has 640 valence electrons. The van der Waals surface area contributed by atoms with Crippen molar-refractivity contribution in [1.29, 1.82) is 0 Å². The van der Waals surface area contributed by atoms with Crippen molar-refractivity contribution in [2.24, 2.45) is 0 Å². The summed E-state index contributed by atoms with van der Waals surface area (Å²) in [5.41, 5.74) is 0. The van der Waals surface area contributed by atoms with E-state index in [1.807, 2.05) is 0 Å². The summed E-state index contributed by atoms with van der Waals surface area (Å²) < 4.78 is 116. The van der Waals surface area contributed by atoms with Gasteiger partial charge in [0.1, 0.15) is 244 Å². The predicted molar refractivity (Wildman–Crippen MR) is 326 cm³/mol. The number of rotatable bonds is 14. The molecule has 32 aliphatic heterocycles. The number of hydrogen-bond acceptors (Lipinski definition) is 50. The molecule has 32 fully saturated rings. The third-order valence-corrected chi connectivity index (χ3v) is 21.1. The van der Waals surface area contributed by atoms with Crippen LogP contribution in [0.15, 0.2) is 0 Å². The highest BCUT2D eigenvalue weighted by Crippen LogP contribution is 2.41. The summed E-state index contributed by atoms with van der Waals surface area (Å²) in [6.07, 6.45) is -108. The Bertz CT molecular complexity index is 2750. The number of hydrogen-bond donors (Lipinski definition) is 30. The average molecular weight is 1620 g/mol. The predicted octanol–water partition coefficient (Wildman–Crippen LogP) is -21.8. The minimum Gasteiger partial charge on any atom is -0.394 e. The molecule has 32 heterocycles. The molecule has 16 bridgehead atoms. The second-order valence-corrected chi connectivity index (χ2v) is 28.2. The lowest BCUT2D eigenvalue weighted by Gasteiger charge is -2.51. The van der Waals surface area contributed by atoms with Gasteiger partial charge in [-0.25, -0.2) is 0 Å². The fraction of sp³-hybridized carbons (Fsp3) is 1.00. The van der Waals surface area contributed by atoms with E-state index in [9.17, 15) is 153 Å². The zero-order valence-electron chi connectivity index (χ0n) is 57.5. The van der Waals surface area contributed by atoms with Crippen LogP contribution in [0.25, 0.3) is 0 Å². The van der Waals surface area contributed by atoms with E-state index in [2.05, 4.69) is 0 Å². The maximum absolute atomic E-state index is 12.1. The Morgan fingerprint density at radius 2 is 0.300 bits per heavy atom. The first kappa shape index (κ1) is 88.8. The second kappa shape index (κ2) is 37.9. The van der Waals surface area contributed by atoms with E-state index in [4.69, 9.17) is 94.7 Å². The van der Waals surface area contributed by atoms with Crippen LogP contribution in [0.4, 0.5) is 0 Å². The van der Waals surface area contributed by atoms with Gasteiger partial charge >= 0.3 is 0 Å². The molecular weight excluding hydrogens is 1520 g/mol. The molecule has 110 heavy (non-hydrogen) atoms. The van der Waals surface area contributed by atoms with Gasteiger partial charge in [0.2, 0.25) is 0 Å². The first-order valence-corrected chi connectivity index (χ1v) is 35.2. The van der Waals surface area contributed by atoms with E-state index in [0.717, 1.165) is 0 Å². The summed E-state index contributed by atoms with van der Waals surface area (Å²) in [5.74, 6) is 0. The van der Waals surface area contributed by atoms with Gasteiger partial charge in [-0.05, 0) is 0 Å². The van der Waals surface area contributed by atoms with Crippen LogP contribution < -0.4 is 0 Å². The molecule has 0 radical (unpaired) electrons. The van der Waals surface area contributed by atoms with Crippen molar-refractivity contribution in [3.05, 3.63) is 0 Å².